The van der Waals surface area contributed by atoms with Crippen LogP contribution in [0.2, 0.25) is 0 Å². The molecule has 2 aromatic rings. The van der Waals surface area contributed by atoms with Crippen molar-refractivity contribution in [1.29, 1.82) is 0 Å². The van der Waals surface area contributed by atoms with Crippen molar-refractivity contribution in [2.45, 2.75) is 9.79 Å². The van der Waals surface area contributed by atoms with Crippen LogP contribution in [0.1, 0.15) is 0 Å². The molecule has 0 unspecified atom stereocenters. The first kappa shape index (κ1) is 29.1. The second-order valence-electron chi connectivity index (χ2n) is 4.71. The third kappa shape index (κ3) is 5.65. The zero-order valence-corrected chi connectivity index (χ0v) is 16.0. The average molecular weight is 553 g/mol. The van der Waals surface area contributed by atoms with Crippen LogP contribution in [0.5, 0.6) is 0 Å². The average Bonchev–Trinajstić information content (AvgIpc) is 2.60. The van der Waals surface area contributed by atoms with E-state index in [1.54, 1.807) is 0 Å². The van der Waals surface area contributed by atoms with Crippen LogP contribution in [0.4, 0.5) is 43.9 Å². The molecule has 0 aliphatic rings. The molecule has 0 spiro atoms. The van der Waals surface area contributed by atoms with Gasteiger partial charge in [-0.3, -0.25) is 0 Å². The zero-order valence-electron chi connectivity index (χ0n) is 13.4. The van der Waals surface area contributed by atoms with Gasteiger partial charge in [-0.25, -0.2) is 60.7 Å². The van der Waals surface area contributed by atoms with Crippen molar-refractivity contribution in [1.82, 2.24) is 0 Å². The van der Waals surface area contributed by atoms with Gasteiger partial charge in [-0.2, -0.15) is 0 Å². The standard InChI is InChI=1S/2C6HF5O3S.Ni/c2*7-1-2(8)4(10)6(15(12,13)14)5(11)3(1)9;/h2*(H,12,13,14);/q;;+2/p-2. The van der Waals surface area contributed by atoms with E-state index in [4.69, 9.17) is 0 Å². The molecule has 0 radical (unpaired) electrons. The van der Waals surface area contributed by atoms with Gasteiger partial charge in [0.2, 0.25) is 11.6 Å². The minimum absolute atomic E-state index is 0. The van der Waals surface area contributed by atoms with Crippen LogP contribution in [0.15, 0.2) is 9.79 Å². The number of hydrogen-bond donors (Lipinski definition) is 0. The maximum atomic E-state index is 12.6. The molecule has 0 fully saturated rings. The van der Waals surface area contributed by atoms with Gasteiger partial charge < -0.3 is 9.11 Å². The first-order valence-corrected chi connectivity index (χ1v) is 9.11. The minimum atomic E-state index is -5.77. The molecule has 2 aromatic carbocycles. The number of rotatable bonds is 2. The molecule has 19 heteroatoms. The van der Waals surface area contributed by atoms with Gasteiger partial charge in [0, 0.05) is 0 Å². The Labute approximate surface area is 174 Å². The summed E-state index contributed by atoms with van der Waals surface area (Å²) in [4.78, 5) is -4.75. The van der Waals surface area contributed by atoms with Gasteiger partial charge in [0.1, 0.15) is 30.0 Å². The third-order valence-electron chi connectivity index (χ3n) is 2.84. The fourth-order valence-corrected chi connectivity index (χ4v) is 2.84. The Morgan fingerprint density at radius 1 is 0.387 bits per heavy atom. The Hall–Kier alpha value is -1.95. The van der Waals surface area contributed by atoms with Crippen molar-refractivity contribution in [3.8, 4) is 0 Å². The molecule has 0 atom stereocenters. The van der Waals surface area contributed by atoms with Crippen molar-refractivity contribution < 1.29 is 86.3 Å². The van der Waals surface area contributed by atoms with Crippen molar-refractivity contribution in [2.75, 3.05) is 0 Å². The van der Waals surface area contributed by atoms with Crippen molar-refractivity contribution in [3.05, 3.63) is 58.2 Å². The van der Waals surface area contributed by atoms with Gasteiger partial charge in [-0.05, 0) is 0 Å². The molecule has 31 heavy (non-hydrogen) atoms. The van der Waals surface area contributed by atoms with E-state index in [1.807, 2.05) is 0 Å². The zero-order chi connectivity index (χ0) is 23.9. The van der Waals surface area contributed by atoms with Crippen LogP contribution in [0, 0.1) is 58.2 Å². The van der Waals surface area contributed by atoms with Gasteiger partial charge in [-0.15, -0.1) is 0 Å². The summed E-state index contributed by atoms with van der Waals surface area (Å²) in [6.45, 7) is 0. The number of benzene rings is 2. The Balaban J connectivity index is 0.000000562. The number of halogens is 10. The third-order valence-corrected chi connectivity index (χ3v) is 4.56. The molecule has 176 valence electrons. The van der Waals surface area contributed by atoms with Crippen LogP contribution in [0.25, 0.3) is 0 Å². The summed E-state index contributed by atoms with van der Waals surface area (Å²) in [6, 6.07) is 0. The predicted octanol–water partition coefficient (Wildman–Crippen LogP) is 2.57. The monoisotopic (exact) mass is 552 g/mol. The van der Waals surface area contributed by atoms with E-state index in [2.05, 4.69) is 0 Å². The van der Waals surface area contributed by atoms with Gasteiger partial charge >= 0.3 is 16.5 Å². The van der Waals surface area contributed by atoms with Crippen LogP contribution in [0.3, 0.4) is 0 Å². The topological polar surface area (TPSA) is 114 Å². The molecule has 0 aliphatic heterocycles. The summed E-state index contributed by atoms with van der Waals surface area (Å²) in [7, 11) is -11.5. The molecule has 0 bridgehead atoms. The molecule has 2 rings (SSSR count). The summed E-state index contributed by atoms with van der Waals surface area (Å²) in [6.07, 6.45) is 0. The van der Waals surface area contributed by atoms with Gasteiger partial charge in [0.25, 0.3) is 0 Å². The van der Waals surface area contributed by atoms with E-state index in [0.717, 1.165) is 0 Å². The van der Waals surface area contributed by atoms with E-state index in [9.17, 15) is 69.8 Å². The van der Waals surface area contributed by atoms with Crippen LogP contribution in [-0.2, 0) is 36.7 Å². The molecule has 0 saturated heterocycles. The fourth-order valence-electron chi connectivity index (χ4n) is 1.61. The van der Waals surface area contributed by atoms with Crippen molar-refractivity contribution >= 4 is 20.2 Å². The number of hydrogen-bond acceptors (Lipinski definition) is 6. The van der Waals surface area contributed by atoms with E-state index in [1.165, 1.54) is 0 Å². The first-order valence-electron chi connectivity index (χ1n) is 6.30. The Morgan fingerprint density at radius 2 is 0.516 bits per heavy atom. The van der Waals surface area contributed by atoms with E-state index in [-0.39, 0.29) is 16.5 Å². The quantitative estimate of drug-likeness (QED) is 0.186. The van der Waals surface area contributed by atoms with Gasteiger partial charge in [-0.1, -0.05) is 0 Å². The Morgan fingerprint density at radius 3 is 0.645 bits per heavy atom. The predicted molar refractivity (Wildman–Crippen MR) is 68.4 cm³/mol. The molecule has 0 aromatic heterocycles. The maximum Gasteiger partial charge on any atom is 2.00 e. The normalized spacial score (nSPS) is 11.5. The van der Waals surface area contributed by atoms with E-state index < -0.39 is 88.2 Å². The first-order chi connectivity index (χ1) is 13.4. The fraction of sp³-hybridized carbons (Fsp3) is 0. The second kappa shape index (κ2) is 9.68. The molecule has 0 N–H and O–H groups in total. The van der Waals surface area contributed by atoms with Gasteiger partial charge in [0.05, 0.1) is 0 Å². The van der Waals surface area contributed by atoms with E-state index >= 15 is 0 Å². The molecule has 0 heterocycles. The summed E-state index contributed by atoms with van der Waals surface area (Å²) in [5, 5.41) is 0. The molecule has 0 saturated carbocycles. The smallest absolute Gasteiger partial charge is 0.744 e. The molecular formula is C12F10NiO6S2. The Bertz CT molecular complexity index is 1090. The van der Waals surface area contributed by atoms with Crippen LogP contribution >= 0.6 is 0 Å². The van der Waals surface area contributed by atoms with Gasteiger partial charge in [0.15, 0.2) is 46.5 Å². The molecular weight excluding hydrogens is 553 g/mol. The largest absolute Gasteiger partial charge is 2.00 e. The summed E-state index contributed by atoms with van der Waals surface area (Å²) in [5.41, 5.74) is 0. The van der Waals surface area contributed by atoms with Crippen LogP contribution in [-0.4, -0.2) is 25.9 Å². The summed E-state index contributed by atoms with van der Waals surface area (Å²) in [5.74, 6) is -25.7. The Kier molecular flexibility index (Phi) is 9.07. The molecule has 6 nitrogen and oxygen atoms in total. The second-order valence-corrected chi connectivity index (χ2v) is 7.34. The molecule has 0 amide bonds. The van der Waals surface area contributed by atoms with Crippen molar-refractivity contribution in [2.24, 2.45) is 0 Å². The SMILES string of the molecule is O=S(=O)([O-])c1c(F)c(F)c(F)c(F)c1F.O=S(=O)([O-])c1c(F)c(F)c(F)c(F)c1F.[Ni+2]. The van der Waals surface area contributed by atoms with Crippen LogP contribution < -0.4 is 0 Å². The molecule has 0 aliphatic carbocycles. The summed E-state index contributed by atoms with van der Waals surface area (Å²) < 4.78 is 186. The van der Waals surface area contributed by atoms with E-state index in [0.29, 0.717) is 0 Å². The summed E-state index contributed by atoms with van der Waals surface area (Å²) >= 11 is 0. The van der Waals surface area contributed by atoms with Crippen molar-refractivity contribution in [3.63, 3.8) is 0 Å². The maximum absolute atomic E-state index is 12.6. The minimum Gasteiger partial charge on any atom is -0.744 e.